The number of rotatable bonds is 7. The van der Waals surface area contributed by atoms with Gasteiger partial charge in [-0.05, 0) is 19.1 Å². The summed E-state index contributed by atoms with van der Waals surface area (Å²) in [4.78, 5) is 37.0. The summed E-state index contributed by atoms with van der Waals surface area (Å²) < 4.78 is 15.0. The van der Waals surface area contributed by atoms with Crippen LogP contribution in [0.3, 0.4) is 0 Å². The highest BCUT2D eigenvalue weighted by Crippen LogP contribution is 2.35. The van der Waals surface area contributed by atoms with Crippen LogP contribution in [-0.4, -0.2) is 34.7 Å². The Morgan fingerprint density at radius 3 is 2.72 bits per heavy atom. The number of ether oxygens (including phenoxy) is 2. The van der Waals surface area contributed by atoms with Crippen LogP contribution in [-0.2, 0) is 0 Å². The van der Waals surface area contributed by atoms with Crippen LogP contribution in [0.5, 0.6) is 11.5 Å². The molecular formula is C18H16N4O7. The largest absolute Gasteiger partial charge is 0.493 e. The maximum absolute atomic E-state index is 12.7. The van der Waals surface area contributed by atoms with Crippen LogP contribution in [0.4, 0.5) is 11.4 Å². The second-order valence-corrected chi connectivity index (χ2v) is 5.69. The van der Waals surface area contributed by atoms with Crippen molar-refractivity contribution in [1.82, 2.24) is 10.1 Å². The van der Waals surface area contributed by atoms with E-state index in [-0.39, 0.29) is 29.5 Å². The first-order valence-corrected chi connectivity index (χ1v) is 8.40. The van der Waals surface area contributed by atoms with Crippen LogP contribution in [0.1, 0.15) is 17.3 Å². The summed E-state index contributed by atoms with van der Waals surface area (Å²) in [5.74, 6) is -0.898. The highest BCUT2D eigenvalue weighted by molar-refractivity contribution is 6.07. The number of nitro groups is 1. The van der Waals surface area contributed by atoms with Crippen molar-refractivity contribution in [3.05, 3.63) is 62.6 Å². The molecule has 1 amide bonds. The van der Waals surface area contributed by atoms with E-state index in [1.807, 2.05) is 0 Å². The number of nitrogens with one attached hydrogen (secondary N) is 2. The molecular weight excluding hydrogens is 384 g/mol. The zero-order valence-electron chi connectivity index (χ0n) is 15.4. The van der Waals surface area contributed by atoms with Crippen molar-refractivity contribution in [1.29, 1.82) is 0 Å². The van der Waals surface area contributed by atoms with Gasteiger partial charge in [0.2, 0.25) is 0 Å². The van der Waals surface area contributed by atoms with E-state index in [9.17, 15) is 19.7 Å². The molecule has 0 fully saturated rings. The smallest absolute Gasteiger partial charge is 0.439 e. The predicted molar refractivity (Wildman–Crippen MR) is 101 cm³/mol. The first kappa shape index (κ1) is 19.6. The number of nitro benzene ring substituents is 1. The Morgan fingerprint density at radius 2 is 2.10 bits per heavy atom. The molecule has 0 bridgehead atoms. The zero-order chi connectivity index (χ0) is 21.0. The second-order valence-electron chi connectivity index (χ2n) is 5.69. The molecule has 0 saturated carbocycles. The van der Waals surface area contributed by atoms with E-state index in [1.54, 1.807) is 25.1 Å². The topological polar surface area (TPSA) is 150 Å². The number of anilines is 1. The minimum absolute atomic E-state index is 0.145. The molecule has 3 rings (SSSR count). The Kier molecular flexibility index (Phi) is 5.58. The lowest BCUT2D eigenvalue weighted by Crippen LogP contribution is -2.14. The summed E-state index contributed by atoms with van der Waals surface area (Å²) in [6.07, 6.45) is 0. The molecule has 0 unspecified atom stereocenters. The van der Waals surface area contributed by atoms with Gasteiger partial charge < -0.3 is 14.8 Å². The van der Waals surface area contributed by atoms with Gasteiger partial charge in [0.1, 0.15) is 5.56 Å². The van der Waals surface area contributed by atoms with Crippen LogP contribution in [0.15, 0.2) is 45.7 Å². The Bertz CT molecular complexity index is 1120. The molecule has 3 aromatic rings. The van der Waals surface area contributed by atoms with Gasteiger partial charge in [0, 0.05) is 17.3 Å². The number of hydrogen-bond donors (Lipinski definition) is 2. The monoisotopic (exact) mass is 400 g/mol. The molecule has 11 heteroatoms. The summed E-state index contributed by atoms with van der Waals surface area (Å²) in [5, 5.41) is 17.6. The molecule has 2 N–H and O–H groups in total. The van der Waals surface area contributed by atoms with Crippen LogP contribution >= 0.6 is 0 Å². The summed E-state index contributed by atoms with van der Waals surface area (Å²) in [6, 6.07) is 8.77. The first-order valence-electron chi connectivity index (χ1n) is 8.40. The number of amides is 1. The number of carbonyl (C=O) groups excluding carboxylic acids is 1. The average molecular weight is 400 g/mol. The van der Waals surface area contributed by atoms with Crippen molar-refractivity contribution in [3.63, 3.8) is 0 Å². The minimum Gasteiger partial charge on any atom is -0.493 e. The van der Waals surface area contributed by atoms with Crippen LogP contribution < -0.4 is 20.5 Å². The molecule has 0 aliphatic rings. The number of nitrogens with zero attached hydrogens (tertiary/aromatic N) is 2. The fourth-order valence-electron chi connectivity index (χ4n) is 2.61. The third kappa shape index (κ3) is 4.24. The molecule has 0 atom stereocenters. The zero-order valence-corrected chi connectivity index (χ0v) is 15.4. The molecule has 1 heterocycles. The van der Waals surface area contributed by atoms with Crippen molar-refractivity contribution in [2.75, 3.05) is 19.0 Å². The summed E-state index contributed by atoms with van der Waals surface area (Å²) in [6.45, 7) is 2.02. The summed E-state index contributed by atoms with van der Waals surface area (Å²) in [5.41, 5.74) is 0.187. The number of benzene rings is 2. The lowest BCUT2D eigenvalue weighted by atomic mass is 10.1. The Morgan fingerprint density at radius 1 is 1.31 bits per heavy atom. The quantitative estimate of drug-likeness (QED) is 0.454. The fourth-order valence-corrected chi connectivity index (χ4v) is 2.61. The molecule has 0 saturated heterocycles. The van der Waals surface area contributed by atoms with Crippen LogP contribution in [0.2, 0.25) is 0 Å². The summed E-state index contributed by atoms with van der Waals surface area (Å²) in [7, 11) is 1.35. The fraction of sp³-hybridized carbons (Fsp3) is 0.167. The van der Waals surface area contributed by atoms with E-state index < -0.39 is 22.3 Å². The molecule has 150 valence electrons. The van der Waals surface area contributed by atoms with Gasteiger partial charge in [-0.3, -0.25) is 24.4 Å². The highest BCUT2D eigenvalue weighted by atomic mass is 16.6. The van der Waals surface area contributed by atoms with Crippen molar-refractivity contribution in [2.45, 2.75) is 6.92 Å². The number of aromatic amines is 1. The Hall–Kier alpha value is -4.15. The van der Waals surface area contributed by atoms with Crippen molar-refractivity contribution < 1.29 is 23.7 Å². The lowest BCUT2D eigenvalue weighted by molar-refractivity contribution is -0.385. The third-order valence-corrected chi connectivity index (χ3v) is 3.86. The van der Waals surface area contributed by atoms with Gasteiger partial charge in [0.25, 0.3) is 11.6 Å². The van der Waals surface area contributed by atoms with Gasteiger partial charge in [0.05, 0.1) is 24.7 Å². The van der Waals surface area contributed by atoms with Gasteiger partial charge >= 0.3 is 5.76 Å². The molecule has 11 nitrogen and oxygen atoms in total. The minimum atomic E-state index is -0.717. The van der Waals surface area contributed by atoms with Crippen LogP contribution in [0, 0.1) is 10.1 Å². The lowest BCUT2D eigenvalue weighted by Gasteiger charge is -2.12. The van der Waals surface area contributed by atoms with E-state index in [0.717, 1.165) is 6.07 Å². The van der Waals surface area contributed by atoms with Crippen molar-refractivity contribution >= 4 is 17.3 Å². The van der Waals surface area contributed by atoms with Crippen molar-refractivity contribution in [2.24, 2.45) is 0 Å². The van der Waals surface area contributed by atoms with E-state index in [1.165, 1.54) is 19.2 Å². The molecule has 0 radical (unpaired) electrons. The van der Waals surface area contributed by atoms with E-state index in [4.69, 9.17) is 9.47 Å². The Balaban J connectivity index is 1.95. The van der Waals surface area contributed by atoms with Gasteiger partial charge in [-0.1, -0.05) is 17.3 Å². The highest BCUT2D eigenvalue weighted by Gasteiger charge is 2.25. The van der Waals surface area contributed by atoms with Gasteiger partial charge in [-0.25, -0.2) is 4.79 Å². The molecule has 0 spiro atoms. The van der Waals surface area contributed by atoms with E-state index in [0.29, 0.717) is 11.3 Å². The number of aromatic nitrogens is 2. The van der Waals surface area contributed by atoms with E-state index in [2.05, 4.69) is 20.0 Å². The number of hydrogen-bond acceptors (Lipinski definition) is 8. The standard InChI is InChI=1S/C18H16N4O7/c1-3-28-15-8-12(13(22(25)26)9-14(15)27-2)17(23)19-11-6-4-5-10(7-11)16-20-18(24)29-21-16/h4-9H,3H2,1-2H3,(H,19,23)(H,20,21,24). The molecule has 1 aromatic heterocycles. The maximum Gasteiger partial charge on any atom is 0.439 e. The normalized spacial score (nSPS) is 10.4. The average Bonchev–Trinajstić information content (AvgIpc) is 3.14. The predicted octanol–water partition coefficient (Wildman–Crippen LogP) is 2.60. The molecule has 0 aliphatic heterocycles. The van der Waals surface area contributed by atoms with Gasteiger partial charge in [-0.2, -0.15) is 0 Å². The Labute approximate surface area is 163 Å². The molecule has 2 aromatic carbocycles. The second kappa shape index (κ2) is 8.25. The first-order chi connectivity index (χ1) is 13.9. The van der Waals surface area contributed by atoms with Gasteiger partial charge in [-0.15, -0.1) is 0 Å². The number of methoxy groups -OCH3 is 1. The van der Waals surface area contributed by atoms with Gasteiger partial charge in [0.15, 0.2) is 17.3 Å². The van der Waals surface area contributed by atoms with Crippen molar-refractivity contribution in [3.8, 4) is 22.9 Å². The molecule has 0 aliphatic carbocycles. The number of carbonyl (C=O) groups is 1. The third-order valence-electron chi connectivity index (χ3n) is 3.86. The maximum atomic E-state index is 12.7. The van der Waals surface area contributed by atoms with E-state index >= 15 is 0 Å². The number of H-pyrrole nitrogens is 1. The SMILES string of the molecule is CCOc1cc(C(=O)Nc2cccc(-c3noc(=O)[nH]3)c2)c([N+](=O)[O-])cc1OC. The summed E-state index contributed by atoms with van der Waals surface area (Å²) >= 11 is 0. The van der Waals surface area contributed by atoms with Crippen LogP contribution in [0.25, 0.3) is 11.4 Å². The molecule has 29 heavy (non-hydrogen) atoms.